The second kappa shape index (κ2) is 8.11. The SMILES string of the molecule is O=C(Nc1ccc(-c2nccs2)cc1)c1cccc(OCc2cscn2)c1. The van der Waals surface area contributed by atoms with E-state index in [0.29, 0.717) is 17.9 Å². The number of carbonyl (C=O) groups excluding carboxylic acids is 1. The quantitative estimate of drug-likeness (QED) is 0.495. The average molecular weight is 393 g/mol. The highest BCUT2D eigenvalue weighted by Crippen LogP contribution is 2.23. The van der Waals surface area contributed by atoms with Crippen LogP contribution in [0.5, 0.6) is 5.75 Å². The van der Waals surface area contributed by atoms with Crippen LogP contribution in [0.3, 0.4) is 0 Å². The number of amides is 1. The fourth-order valence-corrected chi connectivity index (χ4v) is 3.65. The lowest BCUT2D eigenvalue weighted by Crippen LogP contribution is -2.11. The summed E-state index contributed by atoms with van der Waals surface area (Å²) in [6.07, 6.45) is 1.78. The van der Waals surface area contributed by atoms with Crippen LogP contribution < -0.4 is 10.1 Å². The van der Waals surface area contributed by atoms with E-state index in [4.69, 9.17) is 4.74 Å². The van der Waals surface area contributed by atoms with Crippen LogP contribution in [-0.4, -0.2) is 15.9 Å². The normalized spacial score (nSPS) is 10.5. The zero-order valence-electron chi connectivity index (χ0n) is 14.2. The first-order valence-electron chi connectivity index (χ1n) is 8.19. The Kier molecular flexibility index (Phi) is 5.22. The molecule has 1 N–H and O–H groups in total. The molecule has 1 amide bonds. The summed E-state index contributed by atoms with van der Waals surface area (Å²) in [5, 5.41) is 7.74. The number of hydrogen-bond acceptors (Lipinski definition) is 6. The third-order valence-corrected chi connectivity index (χ3v) is 5.25. The standard InChI is InChI=1S/C20H15N3O2S2/c24-19(23-16-6-4-14(5-7-16)20-21-8-9-27-20)15-2-1-3-18(10-15)25-11-17-12-26-13-22-17/h1-10,12-13H,11H2,(H,23,24). The van der Waals surface area contributed by atoms with Crippen LogP contribution in [0.15, 0.2) is 71.0 Å². The van der Waals surface area contributed by atoms with Gasteiger partial charge in [-0.3, -0.25) is 4.79 Å². The largest absolute Gasteiger partial charge is 0.487 e. The van der Waals surface area contributed by atoms with Gasteiger partial charge in [0.25, 0.3) is 5.91 Å². The topological polar surface area (TPSA) is 64.1 Å². The van der Waals surface area contributed by atoms with E-state index < -0.39 is 0 Å². The first kappa shape index (κ1) is 17.4. The minimum Gasteiger partial charge on any atom is -0.487 e. The molecule has 134 valence electrons. The van der Waals surface area contributed by atoms with Crippen molar-refractivity contribution in [1.29, 1.82) is 0 Å². The van der Waals surface area contributed by atoms with Crippen LogP contribution in [0.25, 0.3) is 10.6 Å². The summed E-state index contributed by atoms with van der Waals surface area (Å²) in [4.78, 5) is 21.0. The maximum atomic E-state index is 12.5. The molecule has 2 aromatic carbocycles. The van der Waals surface area contributed by atoms with Crippen molar-refractivity contribution in [3.05, 3.63) is 82.3 Å². The van der Waals surface area contributed by atoms with Crippen LogP contribution in [0.2, 0.25) is 0 Å². The van der Waals surface area contributed by atoms with E-state index in [-0.39, 0.29) is 5.91 Å². The van der Waals surface area contributed by atoms with Crippen LogP contribution in [0, 0.1) is 0 Å². The fourth-order valence-electron chi connectivity index (χ4n) is 2.46. The maximum Gasteiger partial charge on any atom is 0.255 e. The van der Waals surface area contributed by atoms with E-state index in [1.807, 2.05) is 41.1 Å². The van der Waals surface area contributed by atoms with Crippen LogP contribution in [0.1, 0.15) is 16.1 Å². The molecule has 7 heteroatoms. The van der Waals surface area contributed by atoms with Crippen LogP contribution >= 0.6 is 22.7 Å². The van der Waals surface area contributed by atoms with Crippen molar-refractivity contribution < 1.29 is 9.53 Å². The van der Waals surface area contributed by atoms with Gasteiger partial charge in [-0.2, -0.15) is 0 Å². The molecule has 0 fully saturated rings. The Balaban J connectivity index is 1.41. The highest BCUT2D eigenvalue weighted by atomic mass is 32.1. The van der Waals surface area contributed by atoms with E-state index in [1.54, 1.807) is 41.2 Å². The van der Waals surface area contributed by atoms with Crippen LogP contribution in [-0.2, 0) is 6.61 Å². The zero-order valence-corrected chi connectivity index (χ0v) is 15.8. The van der Waals surface area contributed by atoms with Crippen molar-refractivity contribution in [3.8, 4) is 16.3 Å². The van der Waals surface area contributed by atoms with E-state index in [2.05, 4.69) is 15.3 Å². The number of carbonyl (C=O) groups is 1. The highest BCUT2D eigenvalue weighted by molar-refractivity contribution is 7.13. The molecular weight excluding hydrogens is 378 g/mol. The van der Waals surface area contributed by atoms with Gasteiger partial charge in [-0.05, 0) is 42.5 Å². The first-order chi connectivity index (χ1) is 13.3. The van der Waals surface area contributed by atoms with Gasteiger partial charge < -0.3 is 10.1 Å². The molecule has 4 rings (SSSR count). The summed E-state index contributed by atoms with van der Waals surface area (Å²) in [6, 6.07) is 14.8. The average Bonchev–Trinajstić information content (AvgIpc) is 3.41. The Morgan fingerprint density at radius 1 is 1.11 bits per heavy atom. The number of ether oxygens (including phenoxy) is 1. The van der Waals surface area contributed by atoms with Gasteiger partial charge in [0.1, 0.15) is 17.4 Å². The number of aromatic nitrogens is 2. The van der Waals surface area contributed by atoms with Crippen molar-refractivity contribution in [1.82, 2.24) is 9.97 Å². The van der Waals surface area contributed by atoms with Crippen molar-refractivity contribution in [2.24, 2.45) is 0 Å². The van der Waals surface area contributed by atoms with Crippen molar-refractivity contribution in [3.63, 3.8) is 0 Å². The second-order valence-electron chi connectivity index (χ2n) is 5.67. The summed E-state index contributed by atoms with van der Waals surface area (Å²) in [5.41, 5.74) is 4.93. The molecule has 0 aliphatic rings. The Hall–Kier alpha value is -3.03. The monoisotopic (exact) mass is 393 g/mol. The molecule has 5 nitrogen and oxygen atoms in total. The van der Waals surface area contributed by atoms with Gasteiger partial charge in [0, 0.05) is 33.8 Å². The molecule has 0 atom stereocenters. The number of thiazole rings is 2. The van der Waals surface area contributed by atoms with Gasteiger partial charge in [0.05, 0.1) is 11.2 Å². The Morgan fingerprint density at radius 3 is 2.74 bits per heavy atom. The molecule has 0 spiro atoms. The minimum atomic E-state index is -0.184. The molecule has 2 aromatic heterocycles. The molecule has 0 bridgehead atoms. The lowest BCUT2D eigenvalue weighted by molar-refractivity contribution is 0.102. The van der Waals surface area contributed by atoms with Gasteiger partial charge in [-0.25, -0.2) is 9.97 Å². The predicted molar refractivity (Wildman–Crippen MR) is 108 cm³/mol. The summed E-state index contributed by atoms with van der Waals surface area (Å²) < 4.78 is 5.71. The van der Waals surface area contributed by atoms with Gasteiger partial charge in [0.15, 0.2) is 0 Å². The zero-order chi connectivity index (χ0) is 18.5. The molecule has 0 aliphatic carbocycles. The summed E-state index contributed by atoms with van der Waals surface area (Å²) >= 11 is 3.11. The molecule has 27 heavy (non-hydrogen) atoms. The fraction of sp³-hybridized carbons (Fsp3) is 0.0500. The Morgan fingerprint density at radius 2 is 2.00 bits per heavy atom. The summed E-state index contributed by atoms with van der Waals surface area (Å²) in [5.74, 6) is 0.450. The molecule has 0 unspecified atom stereocenters. The number of benzene rings is 2. The molecular formula is C20H15N3O2S2. The molecule has 4 aromatic rings. The molecule has 0 saturated carbocycles. The van der Waals surface area contributed by atoms with Gasteiger partial charge in [0.2, 0.25) is 0 Å². The smallest absolute Gasteiger partial charge is 0.255 e. The van der Waals surface area contributed by atoms with Crippen molar-refractivity contribution in [2.75, 3.05) is 5.32 Å². The number of nitrogens with zero attached hydrogens (tertiary/aromatic N) is 2. The first-order valence-corrected chi connectivity index (χ1v) is 10.0. The lowest BCUT2D eigenvalue weighted by Gasteiger charge is -2.08. The van der Waals surface area contributed by atoms with E-state index >= 15 is 0 Å². The number of anilines is 1. The van der Waals surface area contributed by atoms with E-state index in [0.717, 1.165) is 22.0 Å². The Labute approximate surface area is 164 Å². The third-order valence-electron chi connectivity index (χ3n) is 3.79. The Bertz CT molecular complexity index is 1010. The van der Waals surface area contributed by atoms with Gasteiger partial charge in [-0.15, -0.1) is 22.7 Å². The summed E-state index contributed by atoms with van der Waals surface area (Å²) in [6.45, 7) is 0.382. The van der Waals surface area contributed by atoms with Gasteiger partial charge in [-0.1, -0.05) is 6.07 Å². The van der Waals surface area contributed by atoms with Gasteiger partial charge >= 0.3 is 0 Å². The highest BCUT2D eigenvalue weighted by Gasteiger charge is 2.08. The van der Waals surface area contributed by atoms with Crippen LogP contribution in [0.4, 0.5) is 5.69 Å². The molecule has 2 heterocycles. The number of rotatable bonds is 6. The molecule has 0 saturated heterocycles. The number of nitrogens with one attached hydrogen (secondary N) is 1. The van der Waals surface area contributed by atoms with Crippen molar-refractivity contribution >= 4 is 34.3 Å². The number of hydrogen-bond donors (Lipinski definition) is 1. The summed E-state index contributed by atoms with van der Waals surface area (Å²) in [7, 11) is 0. The minimum absolute atomic E-state index is 0.184. The molecule has 0 aliphatic heterocycles. The van der Waals surface area contributed by atoms with Crippen molar-refractivity contribution in [2.45, 2.75) is 6.61 Å². The predicted octanol–water partition coefficient (Wildman–Crippen LogP) is 5.10. The van der Waals surface area contributed by atoms with E-state index in [1.165, 1.54) is 11.3 Å². The lowest BCUT2D eigenvalue weighted by atomic mass is 10.1. The molecule has 0 radical (unpaired) electrons. The third kappa shape index (κ3) is 4.39. The second-order valence-corrected chi connectivity index (χ2v) is 7.28. The maximum absolute atomic E-state index is 12.5. The van der Waals surface area contributed by atoms with E-state index in [9.17, 15) is 4.79 Å².